The molecule has 0 unspecified atom stereocenters. The Kier molecular flexibility index (Phi) is 5.41. The van der Waals surface area contributed by atoms with Crippen molar-refractivity contribution in [2.45, 2.75) is 30.0 Å². The number of amides is 1. The lowest BCUT2D eigenvalue weighted by molar-refractivity contribution is -0.117. The minimum atomic E-state index is -3.57. The van der Waals surface area contributed by atoms with Crippen molar-refractivity contribution in [3.05, 3.63) is 41.8 Å². The lowest BCUT2D eigenvalue weighted by Crippen LogP contribution is -2.42. The zero-order valence-electron chi connectivity index (χ0n) is 13.8. The van der Waals surface area contributed by atoms with Crippen molar-refractivity contribution < 1.29 is 17.9 Å². The minimum absolute atomic E-state index is 0.0289. The van der Waals surface area contributed by atoms with Crippen LogP contribution in [0.3, 0.4) is 0 Å². The van der Waals surface area contributed by atoms with Crippen LogP contribution in [0.1, 0.15) is 19.8 Å². The quantitative estimate of drug-likeness (QED) is 0.865. The fourth-order valence-corrected chi connectivity index (χ4v) is 4.96. The van der Waals surface area contributed by atoms with Crippen LogP contribution in [0.4, 0.5) is 11.4 Å². The highest BCUT2D eigenvalue weighted by Crippen LogP contribution is 2.26. The highest BCUT2D eigenvalue weighted by molar-refractivity contribution is 7.94. The second-order valence-electron chi connectivity index (χ2n) is 5.82. The van der Waals surface area contributed by atoms with Gasteiger partial charge in [0.15, 0.2) is 0 Å². The molecule has 2 heterocycles. The first kappa shape index (κ1) is 17.9. The zero-order valence-corrected chi connectivity index (χ0v) is 15.5. The molecule has 1 aliphatic rings. The molecule has 25 heavy (non-hydrogen) atoms. The van der Waals surface area contributed by atoms with Gasteiger partial charge in [-0.1, -0.05) is 6.07 Å². The van der Waals surface area contributed by atoms with Crippen LogP contribution in [0.15, 0.2) is 46.0 Å². The fourth-order valence-electron chi connectivity index (χ4n) is 2.90. The minimum Gasteiger partial charge on any atom is -0.381 e. The molecule has 0 saturated carbocycles. The van der Waals surface area contributed by atoms with E-state index in [0.29, 0.717) is 18.9 Å². The number of benzene rings is 1. The third-order valence-electron chi connectivity index (χ3n) is 4.05. The van der Waals surface area contributed by atoms with Crippen molar-refractivity contribution in [2.75, 3.05) is 22.8 Å². The number of carbonyl (C=O) groups excluding carboxylic acids is 1. The number of anilines is 2. The van der Waals surface area contributed by atoms with E-state index < -0.39 is 10.0 Å². The number of sulfonamides is 1. The number of hydrogen-bond donors (Lipinski definition) is 1. The van der Waals surface area contributed by atoms with Crippen LogP contribution in [0.5, 0.6) is 0 Å². The van der Waals surface area contributed by atoms with Gasteiger partial charge < -0.3 is 9.64 Å². The molecular formula is C17H20N2O4S2. The maximum Gasteiger partial charge on any atom is 0.271 e. The van der Waals surface area contributed by atoms with Gasteiger partial charge in [0.05, 0.1) is 0 Å². The van der Waals surface area contributed by atoms with Crippen molar-refractivity contribution in [2.24, 2.45) is 0 Å². The van der Waals surface area contributed by atoms with Crippen LogP contribution in [-0.4, -0.2) is 33.6 Å². The Hall–Kier alpha value is -1.90. The number of thiophene rings is 1. The second kappa shape index (κ2) is 7.55. The van der Waals surface area contributed by atoms with Crippen LogP contribution in [-0.2, 0) is 19.6 Å². The standard InChI is InChI=1S/C17H20N2O4S2/c1-13(20)19(16-8-10-23-11-9-16)15-6-4-14(5-7-15)18-25(21,22)17-3-2-12-24-17/h2-7,12,16,18H,8-11H2,1H3. The first-order valence-electron chi connectivity index (χ1n) is 8.01. The summed E-state index contributed by atoms with van der Waals surface area (Å²) in [7, 11) is -3.57. The summed E-state index contributed by atoms with van der Waals surface area (Å²) >= 11 is 1.16. The van der Waals surface area contributed by atoms with Crippen LogP contribution in [0.25, 0.3) is 0 Å². The molecule has 8 heteroatoms. The summed E-state index contributed by atoms with van der Waals surface area (Å²) in [6.07, 6.45) is 1.60. The summed E-state index contributed by atoms with van der Waals surface area (Å²) in [5, 5.41) is 1.72. The normalized spacial score (nSPS) is 15.7. The van der Waals surface area contributed by atoms with Crippen LogP contribution in [0.2, 0.25) is 0 Å². The van der Waals surface area contributed by atoms with Crippen LogP contribution in [0, 0.1) is 0 Å². The largest absolute Gasteiger partial charge is 0.381 e. The lowest BCUT2D eigenvalue weighted by Gasteiger charge is -2.33. The van der Waals surface area contributed by atoms with E-state index >= 15 is 0 Å². The fraction of sp³-hybridized carbons (Fsp3) is 0.353. The van der Waals surface area contributed by atoms with E-state index in [0.717, 1.165) is 29.9 Å². The van der Waals surface area contributed by atoms with Gasteiger partial charge in [-0.25, -0.2) is 8.42 Å². The summed E-state index contributed by atoms with van der Waals surface area (Å²) in [6.45, 7) is 2.84. The average Bonchev–Trinajstić information content (AvgIpc) is 3.13. The predicted octanol–water partition coefficient (Wildman–Crippen LogP) is 3.08. The Morgan fingerprint density at radius 1 is 1.20 bits per heavy atom. The monoisotopic (exact) mass is 380 g/mol. The molecule has 2 aromatic rings. The highest BCUT2D eigenvalue weighted by atomic mass is 32.2. The van der Waals surface area contributed by atoms with E-state index in [1.807, 2.05) is 0 Å². The number of nitrogens with one attached hydrogen (secondary N) is 1. The Morgan fingerprint density at radius 2 is 1.88 bits per heavy atom. The molecule has 1 N–H and O–H groups in total. The maximum atomic E-state index is 12.3. The number of rotatable bonds is 5. The molecule has 0 bridgehead atoms. The van der Waals surface area contributed by atoms with Crippen molar-refractivity contribution in [3.63, 3.8) is 0 Å². The van der Waals surface area contributed by atoms with Crippen molar-refractivity contribution >= 4 is 38.6 Å². The summed E-state index contributed by atoms with van der Waals surface area (Å²) in [6, 6.07) is 10.3. The Labute approximate surface area is 151 Å². The summed E-state index contributed by atoms with van der Waals surface area (Å²) < 4.78 is 32.7. The van der Waals surface area contributed by atoms with Crippen LogP contribution < -0.4 is 9.62 Å². The third kappa shape index (κ3) is 4.20. The average molecular weight is 380 g/mol. The van der Waals surface area contributed by atoms with Gasteiger partial charge >= 0.3 is 0 Å². The van der Waals surface area contributed by atoms with Gasteiger partial charge in [0.25, 0.3) is 10.0 Å². The summed E-state index contributed by atoms with van der Waals surface area (Å²) in [4.78, 5) is 13.9. The molecule has 6 nitrogen and oxygen atoms in total. The molecule has 1 fully saturated rings. The van der Waals surface area contributed by atoms with E-state index in [1.54, 1.807) is 53.6 Å². The molecular weight excluding hydrogens is 360 g/mol. The van der Waals surface area contributed by atoms with Crippen molar-refractivity contribution in [1.82, 2.24) is 0 Å². The Balaban J connectivity index is 1.77. The van der Waals surface area contributed by atoms with Crippen molar-refractivity contribution in [1.29, 1.82) is 0 Å². The molecule has 0 radical (unpaired) electrons. The molecule has 1 amide bonds. The number of ether oxygens (including phenoxy) is 1. The highest BCUT2D eigenvalue weighted by Gasteiger charge is 2.25. The Morgan fingerprint density at radius 3 is 2.44 bits per heavy atom. The van der Waals surface area contributed by atoms with Gasteiger partial charge in [-0.3, -0.25) is 9.52 Å². The Bertz CT molecular complexity index is 811. The smallest absolute Gasteiger partial charge is 0.271 e. The van der Waals surface area contributed by atoms with Gasteiger partial charge in [-0.15, -0.1) is 11.3 Å². The summed E-state index contributed by atoms with van der Waals surface area (Å²) in [5.41, 5.74) is 1.23. The first-order chi connectivity index (χ1) is 12.0. The SMILES string of the molecule is CC(=O)N(c1ccc(NS(=O)(=O)c2cccs2)cc1)C1CCOCC1. The van der Waals surface area contributed by atoms with E-state index in [1.165, 1.54) is 0 Å². The molecule has 3 rings (SSSR count). The molecule has 0 atom stereocenters. The molecule has 1 aliphatic heterocycles. The first-order valence-corrected chi connectivity index (χ1v) is 10.4. The topological polar surface area (TPSA) is 75.7 Å². The van der Waals surface area contributed by atoms with Gasteiger partial charge in [-0.2, -0.15) is 0 Å². The molecule has 1 aromatic carbocycles. The molecule has 0 aliphatic carbocycles. The van der Waals surface area contributed by atoms with Gasteiger partial charge in [0.1, 0.15) is 4.21 Å². The predicted molar refractivity (Wildman–Crippen MR) is 98.6 cm³/mol. The van der Waals surface area contributed by atoms with Crippen molar-refractivity contribution in [3.8, 4) is 0 Å². The maximum absolute atomic E-state index is 12.3. The molecule has 134 valence electrons. The van der Waals surface area contributed by atoms with E-state index in [9.17, 15) is 13.2 Å². The van der Waals surface area contributed by atoms with E-state index in [-0.39, 0.29) is 16.2 Å². The van der Waals surface area contributed by atoms with E-state index in [4.69, 9.17) is 4.74 Å². The van der Waals surface area contributed by atoms with E-state index in [2.05, 4.69) is 4.72 Å². The molecule has 1 saturated heterocycles. The van der Waals surface area contributed by atoms with Crippen LogP contribution >= 0.6 is 11.3 Å². The summed E-state index contributed by atoms with van der Waals surface area (Å²) in [5.74, 6) is -0.0289. The van der Waals surface area contributed by atoms with Gasteiger partial charge in [0.2, 0.25) is 5.91 Å². The third-order valence-corrected chi connectivity index (χ3v) is 6.83. The zero-order chi connectivity index (χ0) is 17.9. The second-order valence-corrected chi connectivity index (χ2v) is 8.67. The number of hydrogen-bond acceptors (Lipinski definition) is 5. The number of carbonyl (C=O) groups is 1. The lowest BCUT2D eigenvalue weighted by atomic mass is 10.1. The van der Waals surface area contributed by atoms with Gasteiger partial charge in [-0.05, 0) is 48.6 Å². The van der Waals surface area contributed by atoms with Gasteiger partial charge in [0, 0.05) is 37.6 Å². The molecule has 0 spiro atoms. The number of nitrogens with zero attached hydrogens (tertiary/aromatic N) is 1. The molecule has 1 aromatic heterocycles.